The van der Waals surface area contributed by atoms with E-state index in [1.54, 1.807) is 24.3 Å². The van der Waals surface area contributed by atoms with Crippen LogP contribution in [0.4, 0.5) is 22.7 Å². The number of aliphatic hydroxyl groups excluding tert-OH is 1. The summed E-state index contributed by atoms with van der Waals surface area (Å²) >= 11 is 0. The van der Waals surface area contributed by atoms with Gasteiger partial charge >= 0.3 is 0 Å². The second-order valence-electron chi connectivity index (χ2n) is 14.3. The van der Waals surface area contributed by atoms with E-state index in [-0.39, 0.29) is 43.9 Å². The lowest BCUT2D eigenvalue weighted by molar-refractivity contribution is -0.440. The summed E-state index contributed by atoms with van der Waals surface area (Å²) in [4.78, 5) is 39.2. The molecule has 0 spiro atoms. The summed E-state index contributed by atoms with van der Waals surface area (Å²) in [6.07, 6.45) is 5.01. The number of hydrogen-bond donors (Lipinski definition) is 1. The summed E-state index contributed by atoms with van der Waals surface area (Å²) in [6.45, 7) is 17.3. The van der Waals surface area contributed by atoms with Crippen LogP contribution < -0.4 is 4.90 Å². The highest BCUT2D eigenvalue weighted by Gasteiger charge is 2.51. The fourth-order valence-corrected chi connectivity index (χ4v) is 7.04. The molecule has 5 rings (SSSR count). The Morgan fingerprint density at radius 1 is 0.870 bits per heavy atom. The molecule has 2 aromatic carbocycles. The highest BCUT2D eigenvalue weighted by Crippen LogP contribution is 2.53. The molecule has 1 N–H and O–H groups in total. The Balaban J connectivity index is 1.63. The molecule has 2 aromatic rings. The number of carbonyl (C=O) groups is 1. The van der Waals surface area contributed by atoms with Gasteiger partial charge in [0.25, 0.3) is 11.4 Å². The zero-order valence-corrected chi connectivity index (χ0v) is 27.9. The summed E-state index contributed by atoms with van der Waals surface area (Å²) in [5.74, 6) is 0.266. The largest absolute Gasteiger partial charge is 0.506 e. The Bertz CT molecular complexity index is 1790. The molecule has 0 bridgehead atoms. The first kappa shape index (κ1) is 32.8. The van der Waals surface area contributed by atoms with E-state index in [2.05, 4.69) is 27.7 Å². The summed E-state index contributed by atoms with van der Waals surface area (Å²) in [5, 5.41) is 35.5. The molecule has 0 unspecified atom stereocenters. The smallest absolute Gasteiger partial charge is 0.280 e. The summed E-state index contributed by atoms with van der Waals surface area (Å²) in [7, 11) is 0. The molecule has 3 aliphatic rings. The molecule has 242 valence electrons. The van der Waals surface area contributed by atoms with E-state index >= 15 is 0 Å². The molecule has 2 aliphatic heterocycles. The SMILES string of the molecule is CC(C)CCN1/C(=C\C2=C(O)C(=C\C3=[N+](CCC(C)C)c4cccc([N+](=O)[O-])c4C3(C)C)/C2=O)C(C)(C)c2c1cccc2[N+](=O)[O-]. The Hall–Kier alpha value is -4.60. The molecule has 10 heteroatoms. The van der Waals surface area contributed by atoms with Crippen molar-refractivity contribution in [2.24, 2.45) is 11.8 Å². The van der Waals surface area contributed by atoms with Crippen LogP contribution in [-0.2, 0) is 15.6 Å². The van der Waals surface area contributed by atoms with Crippen LogP contribution in [0.15, 0.2) is 71.2 Å². The van der Waals surface area contributed by atoms with Gasteiger partial charge in [0.05, 0.1) is 37.7 Å². The number of allylic oxidation sites excluding steroid dienone is 5. The summed E-state index contributed by atoms with van der Waals surface area (Å²) in [5.41, 5.74) is 2.78. The van der Waals surface area contributed by atoms with E-state index in [9.17, 15) is 30.1 Å². The van der Waals surface area contributed by atoms with Crippen molar-refractivity contribution in [3.05, 3.63) is 103 Å². The maximum Gasteiger partial charge on any atom is 0.280 e. The Morgan fingerprint density at radius 2 is 1.46 bits per heavy atom. The van der Waals surface area contributed by atoms with Gasteiger partial charge in [0.15, 0.2) is 5.71 Å². The van der Waals surface area contributed by atoms with Crippen LogP contribution in [0.3, 0.4) is 0 Å². The van der Waals surface area contributed by atoms with E-state index in [1.807, 2.05) is 49.3 Å². The summed E-state index contributed by atoms with van der Waals surface area (Å²) < 4.78 is 2.04. The molecule has 10 nitrogen and oxygen atoms in total. The van der Waals surface area contributed by atoms with Gasteiger partial charge in [-0.2, -0.15) is 4.58 Å². The number of carbonyl (C=O) groups excluding carboxylic acids is 1. The number of aliphatic hydroxyl groups is 1. The van der Waals surface area contributed by atoms with Gasteiger partial charge in [0.1, 0.15) is 17.9 Å². The number of nitro benzene ring substituents is 2. The third-order valence-corrected chi connectivity index (χ3v) is 9.55. The lowest BCUT2D eigenvalue weighted by Gasteiger charge is -2.29. The number of benzene rings is 2. The maximum atomic E-state index is 13.8. The lowest BCUT2D eigenvalue weighted by Crippen LogP contribution is -2.32. The molecule has 0 fully saturated rings. The van der Waals surface area contributed by atoms with E-state index in [0.29, 0.717) is 47.5 Å². The topological polar surface area (TPSA) is 130 Å². The Morgan fingerprint density at radius 3 is 2.02 bits per heavy atom. The number of rotatable bonds is 10. The van der Waals surface area contributed by atoms with Gasteiger partial charge in [0.2, 0.25) is 11.5 Å². The van der Waals surface area contributed by atoms with Crippen molar-refractivity contribution in [2.45, 2.75) is 79.1 Å². The number of nitrogens with zero attached hydrogens (tertiary/aromatic N) is 4. The minimum absolute atomic E-state index is 0.0224. The van der Waals surface area contributed by atoms with Crippen LogP contribution in [0, 0.1) is 32.1 Å². The Labute approximate surface area is 269 Å². The number of hydrogen-bond acceptors (Lipinski definition) is 7. The van der Waals surface area contributed by atoms with Crippen molar-refractivity contribution in [3.8, 4) is 0 Å². The van der Waals surface area contributed by atoms with Gasteiger partial charge in [-0.05, 0) is 64.2 Å². The number of anilines is 1. The number of fused-ring (bicyclic) bond motifs is 2. The van der Waals surface area contributed by atoms with Gasteiger partial charge in [-0.25, -0.2) is 0 Å². The first-order chi connectivity index (χ1) is 21.5. The van der Waals surface area contributed by atoms with E-state index in [4.69, 9.17) is 0 Å². The molecule has 0 saturated heterocycles. The van der Waals surface area contributed by atoms with E-state index in [0.717, 1.165) is 24.2 Å². The monoisotopic (exact) mass is 627 g/mol. The molecule has 0 atom stereocenters. The van der Waals surface area contributed by atoms with Crippen molar-refractivity contribution in [1.82, 2.24) is 0 Å². The predicted molar refractivity (Wildman–Crippen MR) is 179 cm³/mol. The zero-order chi connectivity index (χ0) is 33.9. The van der Waals surface area contributed by atoms with Gasteiger partial charge in [0, 0.05) is 48.4 Å². The average Bonchev–Trinajstić information content (AvgIpc) is 3.33. The third kappa shape index (κ3) is 5.23. The third-order valence-electron chi connectivity index (χ3n) is 9.55. The van der Waals surface area contributed by atoms with E-state index in [1.165, 1.54) is 12.1 Å². The number of Topliss-reactive ketones (excluding diaryl/α,β-unsaturated/α-hetero) is 1. The molecular formula is C36H43N4O6+. The lowest BCUT2D eigenvalue weighted by atomic mass is 9.77. The number of ketones is 1. The highest BCUT2D eigenvalue weighted by molar-refractivity contribution is 6.24. The second-order valence-corrected chi connectivity index (χ2v) is 14.3. The molecule has 0 radical (unpaired) electrons. The van der Waals surface area contributed by atoms with Crippen molar-refractivity contribution in [2.75, 3.05) is 18.0 Å². The van der Waals surface area contributed by atoms with Crippen LogP contribution >= 0.6 is 0 Å². The second kappa shape index (κ2) is 11.6. The number of nitro groups is 2. The predicted octanol–water partition coefficient (Wildman–Crippen LogP) is 7.97. The fourth-order valence-electron chi connectivity index (χ4n) is 7.04. The quantitative estimate of drug-likeness (QED) is 0.122. The van der Waals surface area contributed by atoms with Crippen molar-refractivity contribution in [3.63, 3.8) is 0 Å². The van der Waals surface area contributed by atoms with Gasteiger partial charge in [-0.1, -0.05) is 33.8 Å². The Kier molecular flexibility index (Phi) is 8.30. The average molecular weight is 628 g/mol. The van der Waals surface area contributed by atoms with Crippen LogP contribution in [0.25, 0.3) is 0 Å². The molecule has 0 aromatic heterocycles. The van der Waals surface area contributed by atoms with Crippen LogP contribution in [0.1, 0.15) is 79.4 Å². The molecule has 2 heterocycles. The maximum absolute atomic E-state index is 13.8. The summed E-state index contributed by atoms with van der Waals surface area (Å²) in [6, 6.07) is 10.1. The van der Waals surface area contributed by atoms with Crippen LogP contribution in [0.5, 0.6) is 0 Å². The first-order valence-corrected chi connectivity index (χ1v) is 15.9. The van der Waals surface area contributed by atoms with Gasteiger partial charge < -0.3 is 10.0 Å². The first-order valence-electron chi connectivity index (χ1n) is 15.9. The highest BCUT2D eigenvalue weighted by atomic mass is 16.6. The zero-order valence-electron chi connectivity index (χ0n) is 27.9. The van der Waals surface area contributed by atoms with Gasteiger partial charge in [-0.3, -0.25) is 25.0 Å². The molecular weight excluding hydrogens is 584 g/mol. The van der Waals surface area contributed by atoms with Crippen molar-refractivity contribution in [1.29, 1.82) is 0 Å². The molecule has 1 aliphatic carbocycles. The van der Waals surface area contributed by atoms with Crippen molar-refractivity contribution >= 4 is 34.2 Å². The minimum Gasteiger partial charge on any atom is -0.506 e. The molecule has 0 amide bonds. The van der Waals surface area contributed by atoms with Crippen molar-refractivity contribution < 1.29 is 24.3 Å². The molecule has 46 heavy (non-hydrogen) atoms. The minimum atomic E-state index is -0.806. The van der Waals surface area contributed by atoms with Gasteiger partial charge in [-0.15, -0.1) is 0 Å². The standard InChI is InChI=1S/C36H42N4O6/c1-21(2)15-17-37-25-11-9-13-27(39(43)44)31(25)35(5,6)29(37)19-23-33(41)24(34(23)42)20-30-36(7,8)32-26(38(30)18-16-22(3)4)12-10-14-28(32)40(45)46/h9-14,19-22H,15-18H2,1-8H3/p+1. The van der Waals surface area contributed by atoms with E-state index < -0.39 is 10.8 Å². The molecule has 0 saturated carbocycles. The van der Waals surface area contributed by atoms with Crippen LogP contribution in [0.2, 0.25) is 0 Å². The normalized spacial score (nSPS) is 19.9. The van der Waals surface area contributed by atoms with Crippen LogP contribution in [-0.4, -0.2) is 44.1 Å². The fraction of sp³-hybridized carbons (Fsp3) is 0.444.